The van der Waals surface area contributed by atoms with E-state index in [1.807, 2.05) is 0 Å². The van der Waals surface area contributed by atoms with Gasteiger partial charge in [0, 0.05) is 17.6 Å². The van der Waals surface area contributed by atoms with Crippen molar-refractivity contribution in [3.05, 3.63) is 59.2 Å². The van der Waals surface area contributed by atoms with E-state index in [-0.39, 0.29) is 5.78 Å². The van der Waals surface area contributed by atoms with Gasteiger partial charge in [0.2, 0.25) is 5.82 Å². The Kier molecular flexibility index (Phi) is 4.61. The van der Waals surface area contributed by atoms with Crippen LogP contribution in [-0.4, -0.2) is 26.1 Å². The van der Waals surface area contributed by atoms with E-state index in [0.29, 0.717) is 28.7 Å². The van der Waals surface area contributed by atoms with Crippen LogP contribution in [0, 0.1) is 11.2 Å². The van der Waals surface area contributed by atoms with E-state index < -0.39 is 18.1 Å². The Morgan fingerprint density at radius 2 is 1.97 bits per heavy atom. The van der Waals surface area contributed by atoms with Crippen LogP contribution in [0.5, 0.6) is 0 Å². The zero-order chi connectivity index (χ0) is 22.7. The summed E-state index contributed by atoms with van der Waals surface area (Å²) >= 11 is 0. The maximum atomic E-state index is 14.3. The highest BCUT2D eigenvalue weighted by Crippen LogP contribution is 2.49. The number of anilines is 2. The lowest BCUT2D eigenvalue weighted by molar-refractivity contribution is 0.139. The number of hydrogen-bond acceptors (Lipinski definition) is 4. The van der Waals surface area contributed by atoms with Gasteiger partial charge in [-0.2, -0.15) is 4.98 Å². The molecule has 0 amide bonds. The summed E-state index contributed by atoms with van der Waals surface area (Å²) < 4.78 is 42.7. The molecule has 0 spiro atoms. The van der Waals surface area contributed by atoms with Gasteiger partial charge >= 0.3 is 0 Å². The number of aryl methyl sites for hydroxylation is 1. The Morgan fingerprint density at radius 1 is 1.12 bits per heavy atom. The van der Waals surface area contributed by atoms with Crippen molar-refractivity contribution in [1.29, 1.82) is 0 Å². The summed E-state index contributed by atoms with van der Waals surface area (Å²) in [6.07, 6.45) is 3.92. The summed E-state index contributed by atoms with van der Waals surface area (Å²) in [4.78, 5) is 6.69. The molecule has 0 saturated heterocycles. The van der Waals surface area contributed by atoms with Gasteiger partial charge in [0.05, 0.1) is 5.52 Å². The van der Waals surface area contributed by atoms with E-state index in [9.17, 15) is 13.2 Å². The molecule has 2 aromatic carbocycles. The van der Waals surface area contributed by atoms with Crippen molar-refractivity contribution in [2.75, 3.05) is 11.4 Å². The smallest absolute Gasteiger partial charge is 0.297 e. The molecule has 0 bridgehead atoms. The van der Waals surface area contributed by atoms with Crippen LogP contribution in [0.3, 0.4) is 0 Å². The molecule has 1 fully saturated rings. The molecule has 0 N–H and O–H groups in total. The highest BCUT2D eigenvalue weighted by molar-refractivity contribution is 5.94. The Labute approximate surface area is 189 Å². The first-order valence-corrected chi connectivity index (χ1v) is 11.4. The third kappa shape index (κ3) is 3.43. The number of nitrogens with zero attached hydrogens (tertiary/aromatic N) is 5. The number of hydrogen-bond donors (Lipinski definition) is 0. The number of halogens is 3. The predicted octanol–water partition coefficient (Wildman–Crippen LogP) is 6.17. The molecule has 0 unspecified atom stereocenters. The highest BCUT2D eigenvalue weighted by Gasteiger charge is 2.36. The van der Waals surface area contributed by atoms with Gasteiger partial charge in [-0.15, -0.1) is 10.2 Å². The maximum absolute atomic E-state index is 14.3. The fourth-order valence-electron chi connectivity index (χ4n) is 5.03. The molecule has 170 valence electrons. The Morgan fingerprint density at radius 3 is 2.76 bits per heavy atom. The average Bonchev–Trinajstić information content (AvgIpc) is 3.38. The van der Waals surface area contributed by atoms with Crippen molar-refractivity contribution < 1.29 is 13.2 Å². The van der Waals surface area contributed by atoms with Gasteiger partial charge in [-0.3, -0.25) is 4.40 Å². The first-order chi connectivity index (χ1) is 15.9. The van der Waals surface area contributed by atoms with Crippen LogP contribution in [0.1, 0.15) is 56.0 Å². The summed E-state index contributed by atoms with van der Waals surface area (Å²) in [5.74, 6) is -0.322. The molecule has 0 radical (unpaired) electrons. The minimum atomic E-state index is -2.81. The number of benzene rings is 2. The van der Waals surface area contributed by atoms with E-state index in [2.05, 4.69) is 45.2 Å². The first kappa shape index (κ1) is 20.4. The SMILES string of the molecule is CC1(CCc2cccc3c2CCCN3c2nc3nnc(C(F)F)n3c3ccc(F)cc23)CC1. The predicted molar refractivity (Wildman–Crippen MR) is 121 cm³/mol. The molecule has 0 atom stereocenters. The van der Waals surface area contributed by atoms with Crippen LogP contribution in [0.15, 0.2) is 36.4 Å². The Hall–Kier alpha value is -3.16. The van der Waals surface area contributed by atoms with Gasteiger partial charge in [0.1, 0.15) is 11.6 Å². The van der Waals surface area contributed by atoms with E-state index in [0.717, 1.165) is 24.9 Å². The van der Waals surface area contributed by atoms with E-state index in [4.69, 9.17) is 0 Å². The summed E-state index contributed by atoms with van der Waals surface area (Å²) in [5.41, 5.74) is 4.60. The zero-order valence-corrected chi connectivity index (χ0v) is 18.4. The van der Waals surface area contributed by atoms with Crippen molar-refractivity contribution in [3.63, 3.8) is 0 Å². The van der Waals surface area contributed by atoms with E-state index in [1.165, 1.54) is 53.0 Å². The molecule has 2 aromatic heterocycles. The quantitative estimate of drug-likeness (QED) is 0.364. The largest absolute Gasteiger partial charge is 0.325 e. The van der Waals surface area contributed by atoms with E-state index in [1.54, 1.807) is 0 Å². The lowest BCUT2D eigenvalue weighted by Crippen LogP contribution is -2.27. The van der Waals surface area contributed by atoms with Crippen LogP contribution in [0.2, 0.25) is 0 Å². The normalized spacial score (nSPS) is 17.2. The van der Waals surface area contributed by atoms with Gasteiger partial charge in [-0.05, 0) is 79.3 Å². The zero-order valence-electron chi connectivity index (χ0n) is 18.4. The first-order valence-electron chi connectivity index (χ1n) is 11.4. The second kappa shape index (κ2) is 7.43. The monoisotopic (exact) mass is 451 g/mol. The summed E-state index contributed by atoms with van der Waals surface area (Å²) in [7, 11) is 0. The molecule has 6 rings (SSSR count). The lowest BCUT2D eigenvalue weighted by atomic mass is 9.91. The van der Waals surface area contributed by atoms with Crippen molar-refractivity contribution in [2.24, 2.45) is 5.41 Å². The molecule has 1 saturated carbocycles. The fraction of sp³-hybridized carbons (Fsp3) is 0.400. The van der Waals surface area contributed by atoms with Gasteiger partial charge in [0.15, 0.2) is 0 Å². The topological polar surface area (TPSA) is 46.3 Å². The Bertz CT molecular complexity index is 1380. The third-order valence-corrected chi connectivity index (χ3v) is 7.22. The molecular weight excluding hydrogens is 427 g/mol. The third-order valence-electron chi connectivity index (χ3n) is 7.22. The number of fused-ring (bicyclic) bond motifs is 4. The van der Waals surface area contributed by atoms with Crippen LogP contribution in [-0.2, 0) is 12.8 Å². The second-order valence-electron chi connectivity index (χ2n) is 9.57. The lowest BCUT2D eigenvalue weighted by Gasteiger charge is -2.32. The standard InChI is InChI=1S/C25H24F3N5/c1-25(11-12-25)10-9-15-4-2-6-19-17(15)5-3-13-32(19)22-18-14-16(26)7-8-20(18)33-23(21(27)28)30-31-24(33)29-22/h2,4,6-8,14,21H,3,5,9-13H2,1H3. The number of aromatic nitrogens is 4. The molecule has 3 heterocycles. The van der Waals surface area contributed by atoms with Crippen LogP contribution >= 0.6 is 0 Å². The maximum Gasteiger partial charge on any atom is 0.297 e. The minimum absolute atomic E-state index is 0.0874. The molecule has 2 aliphatic rings. The molecular formula is C25H24F3N5. The molecule has 4 aromatic rings. The van der Waals surface area contributed by atoms with Crippen LogP contribution in [0.4, 0.5) is 24.7 Å². The average molecular weight is 451 g/mol. The fourth-order valence-corrected chi connectivity index (χ4v) is 5.03. The van der Waals surface area contributed by atoms with Crippen molar-refractivity contribution >= 4 is 28.2 Å². The molecule has 33 heavy (non-hydrogen) atoms. The summed E-state index contributed by atoms with van der Waals surface area (Å²) in [6.45, 7) is 3.06. The molecule has 8 heteroatoms. The van der Waals surface area contributed by atoms with Gasteiger partial charge in [0.25, 0.3) is 12.2 Å². The highest BCUT2D eigenvalue weighted by atomic mass is 19.3. The van der Waals surface area contributed by atoms with Gasteiger partial charge in [-0.1, -0.05) is 19.1 Å². The molecule has 1 aliphatic heterocycles. The van der Waals surface area contributed by atoms with Crippen LogP contribution < -0.4 is 4.90 Å². The van der Waals surface area contributed by atoms with E-state index >= 15 is 0 Å². The van der Waals surface area contributed by atoms with Crippen molar-refractivity contribution in [2.45, 2.75) is 51.9 Å². The molecule has 5 nitrogen and oxygen atoms in total. The number of rotatable bonds is 5. The van der Waals surface area contributed by atoms with Gasteiger partial charge < -0.3 is 4.90 Å². The minimum Gasteiger partial charge on any atom is -0.325 e. The second-order valence-corrected chi connectivity index (χ2v) is 9.57. The summed E-state index contributed by atoms with van der Waals surface area (Å²) in [6, 6.07) is 10.5. The van der Waals surface area contributed by atoms with Crippen molar-refractivity contribution in [3.8, 4) is 0 Å². The Balaban J connectivity index is 1.51. The number of alkyl halides is 2. The van der Waals surface area contributed by atoms with Crippen LogP contribution in [0.25, 0.3) is 16.7 Å². The molecule has 1 aliphatic carbocycles. The van der Waals surface area contributed by atoms with Gasteiger partial charge in [-0.25, -0.2) is 13.2 Å². The van der Waals surface area contributed by atoms with Crippen molar-refractivity contribution in [1.82, 2.24) is 19.6 Å². The summed E-state index contributed by atoms with van der Waals surface area (Å²) in [5, 5.41) is 8.03.